The molecule has 0 unspecified atom stereocenters. The van der Waals surface area contributed by atoms with Crippen molar-refractivity contribution >= 4 is 50.1 Å². The van der Waals surface area contributed by atoms with Crippen LogP contribution in [0, 0.1) is 0 Å². The van der Waals surface area contributed by atoms with Crippen LogP contribution in [-0.2, 0) is 0 Å². The molecule has 0 N–H and O–H groups in total. The lowest BCUT2D eigenvalue weighted by Crippen LogP contribution is -2.10. The quantitative estimate of drug-likeness (QED) is 0.150. The third kappa shape index (κ3) is 5.87. The zero-order valence-corrected chi connectivity index (χ0v) is 28.6. The Kier molecular flexibility index (Phi) is 8.24. The highest BCUT2D eigenvalue weighted by Gasteiger charge is 2.20. The molecule has 0 amide bonds. The second kappa shape index (κ2) is 13.8. The molecule has 1 aromatic heterocycles. The number of furan rings is 1. The van der Waals surface area contributed by atoms with E-state index in [0.717, 1.165) is 50.1 Å². The molecule has 9 aromatic rings. The fraction of sp³-hybridized carbons (Fsp3) is 0. The number of nitrogens with zero attached hydrogens (tertiary/aromatic N) is 1. The summed E-state index contributed by atoms with van der Waals surface area (Å²) in [6.07, 6.45) is 0. The molecule has 2 nitrogen and oxygen atoms in total. The topological polar surface area (TPSA) is 16.4 Å². The van der Waals surface area contributed by atoms with Crippen molar-refractivity contribution in [1.29, 1.82) is 0 Å². The number of fused-ring (bicyclic) bond motifs is 3. The molecule has 0 saturated carbocycles. The molecule has 246 valence electrons. The highest BCUT2D eigenvalue weighted by Crippen LogP contribution is 2.44. The fourth-order valence-corrected chi connectivity index (χ4v) is 7.33. The summed E-state index contributed by atoms with van der Waals surface area (Å²) in [7, 11) is 0. The molecular formula is C50H35NO. The second-order valence-corrected chi connectivity index (χ2v) is 12.9. The summed E-state index contributed by atoms with van der Waals surface area (Å²) >= 11 is 0. The van der Waals surface area contributed by atoms with Gasteiger partial charge < -0.3 is 9.32 Å². The van der Waals surface area contributed by atoms with Crippen molar-refractivity contribution in [3.05, 3.63) is 235 Å². The monoisotopic (exact) mass is 665 g/mol. The molecule has 0 spiro atoms. The van der Waals surface area contributed by atoms with Crippen molar-refractivity contribution in [2.75, 3.05) is 4.90 Å². The van der Waals surface area contributed by atoms with Crippen LogP contribution >= 0.6 is 0 Å². The average Bonchev–Trinajstić information content (AvgIpc) is 3.61. The van der Waals surface area contributed by atoms with E-state index in [1.807, 2.05) is 12.1 Å². The van der Waals surface area contributed by atoms with Gasteiger partial charge >= 0.3 is 0 Å². The van der Waals surface area contributed by atoms with Crippen LogP contribution < -0.4 is 4.90 Å². The molecule has 0 aliphatic carbocycles. The molecule has 0 bridgehead atoms. The minimum absolute atomic E-state index is 0.874. The Labute approximate surface area is 304 Å². The summed E-state index contributed by atoms with van der Waals surface area (Å²) in [4.78, 5) is 2.34. The first-order chi connectivity index (χ1) is 25.8. The van der Waals surface area contributed by atoms with Gasteiger partial charge in [-0.05, 0) is 87.0 Å². The molecule has 9 rings (SSSR count). The van der Waals surface area contributed by atoms with Gasteiger partial charge in [0.25, 0.3) is 0 Å². The minimum Gasteiger partial charge on any atom is -0.456 e. The van der Waals surface area contributed by atoms with Crippen molar-refractivity contribution in [2.45, 2.75) is 0 Å². The van der Waals surface area contributed by atoms with E-state index in [4.69, 9.17) is 4.42 Å². The van der Waals surface area contributed by atoms with E-state index < -0.39 is 0 Å². The summed E-state index contributed by atoms with van der Waals surface area (Å²) in [5.41, 5.74) is 14.4. The summed E-state index contributed by atoms with van der Waals surface area (Å²) in [6.45, 7) is 0. The Morgan fingerprint density at radius 1 is 0.346 bits per heavy atom. The van der Waals surface area contributed by atoms with Gasteiger partial charge in [-0.2, -0.15) is 0 Å². The molecule has 1 heterocycles. The van der Waals surface area contributed by atoms with Crippen LogP contribution in [0.3, 0.4) is 0 Å². The number of para-hydroxylation sites is 2. The van der Waals surface area contributed by atoms with Crippen LogP contribution in [0.25, 0.3) is 44.2 Å². The standard InChI is InChI=1S/C50H35NO/c1-5-17-37(18-6-1)48(38-19-7-2-8-20-38)49(39-21-9-3-10-22-39)40-33-31-36(32-34-40)41-23-15-26-43(35-41)51(42-24-11-4-12-25-42)45-28-16-30-47-50(45)44-27-13-14-29-46(44)52-47/h1-35H. The van der Waals surface area contributed by atoms with Crippen LogP contribution in [0.15, 0.2) is 217 Å². The number of hydrogen-bond donors (Lipinski definition) is 0. The molecule has 0 saturated heterocycles. The molecule has 0 radical (unpaired) electrons. The maximum absolute atomic E-state index is 6.31. The summed E-state index contributed by atoms with van der Waals surface area (Å²) in [5.74, 6) is 0. The van der Waals surface area contributed by atoms with Crippen molar-refractivity contribution in [1.82, 2.24) is 0 Å². The SMILES string of the molecule is c1ccc(C(=C(c2ccccc2)c2ccc(-c3cccc(N(c4ccccc4)c4cccc5oc6ccccc6c45)c3)cc2)c2ccccc2)cc1. The second-order valence-electron chi connectivity index (χ2n) is 12.9. The number of hydrogen-bond acceptors (Lipinski definition) is 2. The summed E-state index contributed by atoms with van der Waals surface area (Å²) in [5, 5.41) is 2.21. The van der Waals surface area contributed by atoms with Crippen LogP contribution in [0.4, 0.5) is 17.1 Å². The van der Waals surface area contributed by atoms with Gasteiger partial charge in [-0.25, -0.2) is 0 Å². The third-order valence-corrected chi connectivity index (χ3v) is 9.68. The van der Waals surface area contributed by atoms with Gasteiger partial charge in [0.1, 0.15) is 11.2 Å². The first-order valence-electron chi connectivity index (χ1n) is 17.7. The van der Waals surface area contributed by atoms with E-state index in [0.29, 0.717) is 0 Å². The van der Waals surface area contributed by atoms with Crippen molar-refractivity contribution in [3.8, 4) is 11.1 Å². The minimum atomic E-state index is 0.874. The summed E-state index contributed by atoms with van der Waals surface area (Å²) < 4.78 is 6.31. The largest absolute Gasteiger partial charge is 0.456 e. The Morgan fingerprint density at radius 3 is 1.44 bits per heavy atom. The first kappa shape index (κ1) is 31.1. The zero-order chi connectivity index (χ0) is 34.7. The van der Waals surface area contributed by atoms with Crippen molar-refractivity contribution < 1.29 is 4.42 Å². The van der Waals surface area contributed by atoms with Crippen LogP contribution in [0.2, 0.25) is 0 Å². The lowest BCUT2D eigenvalue weighted by atomic mass is 9.85. The van der Waals surface area contributed by atoms with E-state index in [1.54, 1.807) is 0 Å². The van der Waals surface area contributed by atoms with E-state index in [1.165, 1.54) is 33.4 Å². The number of benzene rings is 8. The molecule has 8 aromatic carbocycles. The van der Waals surface area contributed by atoms with E-state index in [2.05, 4.69) is 205 Å². The van der Waals surface area contributed by atoms with Crippen LogP contribution in [0.5, 0.6) is 0 Å². The predicted molar refractivity (Wildman–Crippen MR) is 218 cm³/mol. The Balaban J connectivity index is 1.17. The van der Waals surface area contributed by atoms with E-state index in [9.17, 15) is 0 Å². The third-order valence-electron chi connectivity index (χ3n) is 9.68. The van der Waals surface area contributed by atoms with E-state index >= 15 is 0 Å². The molecule has 0 aliphatic rings. The lowest BCUT2D eigenvalue weighted by Gasteiger charge is -2.26. The molecule has 0 fully saturated rings. The molecule has 0 aliphatic heterocycles. The van der Waals surface area contributed by atoms with E-state index in [-0.39, 0.29) is 0 Å². The van der Waals surface area contributed by atoms with Gasteiger partial charge in [-0.1, -0.05) is 170 Å². The van der Waals surface area contributed by atoms with Crippen LogP contribution in [-0.4, -0.2) is 0 Å². The van der Waals surface area contributed by atoms with Gasteiger partial charge in [0, 0.05) is 16.8 Å². The van der Waals surface area contributed by atoms with Crippen LogP contribution in [0.1, 0.15) is 22.3 Å². The number of anilines is 3. The maximum atomic E-state index is 6.31. The molecule has 52 heavy (non-hydrogen) atoms. The highest BCUT2D eigenvalue weighted by atomic mass is 16.3. The fourth-order valence-electron chi connectivity index (χ4n) is 7.33. The Morgan fingerprint density at radius 2 is 0.827 bits per heavy atom. The maximum Gasteiger partial charge on any atom is 0.137 e. The van der Waals surface area contributed by atoms with Crippen molar-refractivity contribution in [3.63, 3.8) is 0 Å². The molecular weight excluding hydrogens is 631 g/mol. The normalized spacial score (nSPS) is 11.1. The van der Waals surface area contributed by atoms with Gasteiger partial charge in [-0.3, -0.25) is 0 Å². The highest BCUT2D eigenvalue weighted by molar-refractivity contribution is 6.13. The average molecular weight is 666 g/mol. The smallest absolute Gasteiger partial charge is 0.137 e. The van der Waals surface area contributed by atoms with Gasteiger partial charge in [0.15, 0.2) is 0 Å². The van der Waals surface area contributed by atoms with Crippen molar-refractivity contribution in [2.24, 2.45) is 0 Å². The van der Waals surface area contributed by atoms with Gasteiger partial charge in [-0.15, -0.1) is 0 Å². The molecule has 2 heteroatoms. The van der Waals surface area contributed by atoms with Gasteiger partial charge in [0.2, 0.25) is 0 Å². The Bertz CT molecular complexity index is 2600. The van der Waals surface area contributed by atoms with Gasteiger partial charge in [0.05, 0.1) is 11.1 Å². The first-order valence-corrected chi connectivity index (χ1v) is 17.7. The number of rotatable bonds is 8. The zero-order valence-electron chi connectivity index (χ0n) is 28.6. The summed E-state index contributed by atoms with van der Waals surface area (Å²) in [6, 6.07) is 75.2. The Hall–Kier alpha value is -6.90. The molecule has 0 atom stereocenters. The predicted octanol–water partition coefficient (Wildman–Crippen LogP) is 13.7. The lowest BCUT2D eigenvalue weighted by molar-refractivity contribution is 0.669.